The molecule has 4 heterocycles. The number of alkyl halides is 2. The number of likely N-dealkylation sites (tertiary alicyclic amines) is 1. The van der Waals surface area contributed by atoms with Crippen LogP contribution in [0.4, 0.5) is 8.78 Å². The Morgan fingerprint density at radius 2 is 1.69 bits per heavy atom. The molecule has 0 saturated carbocycles. The van der Waals surface area contributed by atoms with Crippen molar-refractivity contribution in [3.05, 3.63) is 35.5 Å². The molecule has 5 amide bonds. The van der Waals surface area contributed by atoms with Gasteiger partial charge in [-0.05, 0) is 37.5 Å². The topological polar surface area (TPSA) is 184 Å². The fourth-order valence-electron chi connectivity index (χ4n) is 6.23. The lowest BCUT2D eigenvalue weighted by Crippen LogP contribution is -2.65. The molecule has 1 aromatic carbocycles. The molecule has 3 fully saturated rings. The van der Waals surface area contributed by atoms with Gasteiger partial charge in [0.1, 0.15) is 17.8 Å². The zero-order valence-corrected chi connectivity index (χ0v) is 25.8. The number of hydrogen-bond donors (Lipinski definition) is 4. The first kappa shape index (κ1) is 32.5. The molecule has 4 N–H and O–H groups in total. The second kappa shape index (κ2) is 11.8. The van der Waals surface area contributed by atoms with Crippen LogP contribution < -0.4 is 5.32 Å². The maximum absolute atomic E-state index is 14.3. The number of aromatic nitrogens is 1. The van der Waals surface area contributed by atoms with Crippen molar-refractivity contribution in [2.75, 3.05) is 33.2 Å². The van der Waals surface area contributed by atoms with E-state index >= 15 is 0 Å². The molecule has 3 atom stereocenters. The number of fused-ring (bicyclic) bond motifs is 2. The molecule has 0 radical (unpaired) electrons. The average Bonchev–Trinajstić information content (AvgIpc) is 3.55. The summed E-state index contributed by atoms with van der Waals surface area (Å²) in [5.41, 5.74) is -5.26. The molecule has 0 aliphatic carbocycles. The maximum atomic E-state index is 14.3. The van der Waals surface area contributed by atoms with Crippen molar-refractivity contribution in [1.82, 2.24) is 29.9 Å². The van der Waals surface area contributed by atoms with Crippen LogP contribution in [-0.4, -0.2) is 121 Å². The molecular formula is C28H35F2N6O8P. The van der Waals surface area contributed by atoms with Gasteiger partial charge in [0.05, 0.1) is 6.04 Å². The lowest BCUT2D eigenvalue weighted by atomic mass is 10.1. The number of rotatable bonds is 6. The van der Waals surface area contributed by atoms with Crippen LogP contribution in [0.1, 0.15) is 49.2 Å². The number of amides is 5. The number of nitrogens with zero attached hydrogens (tertiary/aromatic N) is 4. The Bertz CT molecular complexity index is 1600. The number of H-pyrrole nitrogens is 1. The third kappa shape index (κ3) is 6.06. The summed E-state index contributed by atoms with van der Waals surface area (Å²) < 4.78 is 39.9. The van der Waals surface area contributed by atoms with E-state index in [1.165, 1.54) is 29.7 Å². The third-order valence-corrected chi connectivity index (χ3v) is 10.00. The Kier molecular flexibility index (Phi) is 8.53. The van der Waals surface area contributed by atoms with Gasteiger partial charge in [-0.25, -0.2) is 0 Å². The van der Waals surface area contributed by atoms with Gasteiger partial charge in [-0.3, -0.25) is 28.5 Å². The van der Waals surface area contributed by atoms with Crippen molar-refractivity contribution in [2.45, 2.75) is 62.9 Å². The van der Waals surface area contributed by atoms with Gasteiger partial charge < -0.3 is 39.7 Å². The van der Waals surface area contributed by atoms with Gasteiger partial charge in [0.2, 0.25) is 23.6 Å². The van der Waals surface area contributed by atoms with E-state index in [0.29, 0.717) is 38.9 Å². The van der Waals surface area contributed by atoms with E-state index in [1.807, 2.05) is 0 Å². The fraction of sp³-hybridized carbons (Fsp3) is 0.536. The van der Waals surface area contributed by atoms with E-state index in [4.69, 9.17) is 9.79 Å². The largest absolute Gasteiger partial charge is 0.399 e. The zero-order chi connectivity index (χ0) is 33.0. The SMILES string of the molecule is CC(=O)N1CC[C@H]2CC[C@@H](C(=O)N(C)C3CN(C(C)=O)C3)N2C(=O)C(NC(=O)c2cc3cc(C(F)(F)P(=O)(O)O)ccc3[nH]2)C1. The summed E-state index contributed by atoms with van der Waals surface area (Å²) in [5, 5.41) is 2.71. The highest BCUT2D eigenvalue weighted by molar-refractivity contribution is 7.52. The van der Waals surface area contributed by atoms with Crippen molar-refractivity contribution in [2.24, 2.45) is 0 Å². The van der Waals surface area contributed by atoms with Crippen LogP contribution in [0.2, 0.25) is 0 Å². The van der Waals surface area contributed by atoms with Crippen LogP contribution in [0.25, 0.3) is 10.9 Å². The van der Waals surface area contributed by atoms with Crippen molar-refractivity contribution in [1.29, 1.82) is 0 Å². The third-order valence-electron chi connectivity index (χ3n) is 9.01. The Morgan fingerprint density at radius 3 is 2.31 bits per heavy atom. The second-order valence-electron chi connectivity index (χ2n) is 11.9. The molecule has 244 valence electrons. The van der Waals surface area contributed by atoms with Gasteiger partial charge in [-0.2, -0.15) is 8.78 Å². The Balaban J connectivity index is 1.37. The molecule has 17 heteroatoms. The molecule has 1 unspecified atom stereocenters. The molecule has 1 aromatic heterocycles. The minimum Gasteiger partial charge on any atom is -0.351 e. The zero-order valence-electron chi connectivity index (χ0n) is 24.9. The lowest BCUT2D eigenvalue weighted by Gasteiger charge is -2.45. The number of nitrogens with one attached hydrogen (secondary N) is 2. The van der Waals surface area contributed by atoms with Crippen LogP contribution >= 0.6 is 7.60 Å². The highest BCUT2D eigenvalue weighted by Crippen LogP contribution is 2.59. The molecule has 5 rings (SSSR count). The highest BCUT2D eigenvalue weighted by Gasteiger charge is 2.51. The molecule has 0 bridgehead atoms. The molecule has 2 aromatic rings. The minimum atomic E-state index is -5.81. The van der Waals surface area contributed by atoms with Gasteiger partial charge >= 0.3 is 13.3 Å². The smallest absolute Gasteiger partial charge is 0.351 e. The Morgan fingerprint density at radius 1 is 1.02 bits per heavy atom. The second-order valence-corrected chi connectivity index (χ2v) is 13.5. The number of carbonyl (C=O) groups is 5. The first-order valence-electron chi connectivity index (χ1n) is 14.5. The van der Waals surface area contributed by atoms with Gasteiger partial charge in [-0.15, -0.1) is 0 Å². The quantitative estimate of drug-likeness (QED) is 0.330. The van der Waals surface area contributed by atoms with Crippen molar-refractivity contribution in [3.63, 3.8) is 0 Å². The van der Waals surface area contributed by atoms with Gasteiger partial charge in [-0.1, -0.05) is 6.07 Å². The van der Waals surface area contributed by atoms with Crippen LogP contribution in [0, 0.1) is 0 Å². The Hall–Kier alpha value is -3.88. The molecule has 14 nitrogen and oxygen atoms in total. The number of likely N-dealkylation sites (N-methyl/N-ethyl adjacent to an activating group) is 1. The average molecular weight is 653 g/mol. The van der Waals surface area contributed by atoms with E-state index in [1.54, 1.807) is 16.8 Å². The number of benzene rings is 1. The summed E-state index contributed by atoms with van der Waals surface area (Å²) >= 11 is 0. The molecule has 3 aliphatic rings. The monoisotopic (exact) mass is 652 g/mol. The predicted molar refractivity (Wildman–Crippen MR) is 155 cm³/mol. The summed E-state index contributed by atoms with van der Waals surface area (Å²) in [6.07, 6.45) is 1.37. The number of hydrogen-bond acceptors (Lipinski definition) is 6. The van der Waals surface area contributed by atoms with Crippen LogP contribution in [0.3, 0.4) is 0 Å². The summed E-state index contributed by atoms with van der Waals surface area (Å²) in [4.78, 5) is 92.1. The standard InChI is InChI=1S/C28H35F2N6O8P/c1-15(37)34-9-8-19-5-7-24(27(41)33(3)20-12-35(13-20)16(2)38)36(19)26(40)23(14-34)32-25(39)22-11-17-10-18(4-6-21(17)31-22)28(29,30)45(42,43)44/h4,6,10-11,19-20,23-24,31H,5,7-9,12-14H2,1-3H3,(H,32,39)(H2,42,43,44)/t19-,23?,24+/m1/s1. The van der Waals surface area contributed by atoms with E-state index in [2.05, 4.69) is 10.3 Å². The summed E-state index contributed by atoms with van der Waals surface area (Å²) in [7, 11) is -4.17. The summed E-state index contributed by atoms with van der Waals surface area (Å²) in [6.45, 7) is 3.74. The molecular weight excluding hydrogens is 617 g/mol. The first-order valence-corrected chi connectivity index (χ1v) is 16.1. The highest BCUT2D eigenvalue weighted by atomic mass is 31.2. The molecule has 0 spiro atoms. The molecule has 45 heavy (non-hydrogen) atoms. The van der Waals surface area contributed by atoms with E-state index < -0.39 is 42.7 Å². The number of halogens is 2. The van der Waals surface area contributed by atoms with Crippen molar-refractivity contribution < 1.29 is 47.1 Å². The van der Waals surface area contributed by atoms with Crippen LogP contribution in [0.5, 0.6) is 0 Å². The maximum Gasteiger partial charge on any atom is 0.399 e. The fourth-order valence-corrected chi connectivity index (χ4v) is 6.70. The van der Waals surface area contributed by atoms with Crippen LogP contribution in [0.15, 0.2) is 24.3 Å². The Labute approximate surface area is 256 Å². The van der Waals surface area contributed by atoms with E-state index in [0.717, 1.165) is 18.2 Å². The van der Waals surface area contributed by atoms with Gasteiger partial charge in [0.25, 0.3) is 5.91 Å². The lowest BCUT2D eigenvalue weighted by molar-refractivity contribution is -0.152. The van der Waals surface area contributed by atoms with E-state index in [9.17, 15) is 37.3 Å². The molecule has 3 saturated heterocycles. The summed E-state index contributed by atoms with van der Waals surface area (Å²) in [5.74, 6) is -1.99. The molecule has 3 aliphatic heterocycles. The predicted octanol–water partition coefficient (Wildman–Crippen LogP) is 0.794. The number of carbonyl (C=O) groups excluding carboxylic acids is 5. The van der Waals surface area contributed by atoms with Crippen molar-refractivity contribution >= 4 is 48.0 Å². The van der Waals surface area contributed by atoms with E-state index in [-0.39, 0.29) is 52.9 Å². The summed E-state index contributed by atoms with van der Waals surface area (Å²) in [6, 6.07) is 1.51. The van der Waals surface area contributed by atoms with Gasteiger partial charge in [0, 0.05) is 69.6 Å². The minimum absolute atomic E-state index is 0.0766. The van der Waals surface area contributed by atoms with Crippen LogP contribution in [-0.2, 0) is 29.4 Å². The van der Waals surface area contributed by atoms with Gasteiger partial charge in [0.15, 0.2) is 0 Å². The van der Waals surface area contributed by atoms with Crippen molar-refractivity contribution in [3.8, 4) is 0 Å². The first-order chi connectivity index (χ1) is 21.0. The normalized spacial score (nSPS) is 22.9. The number of aromatic amines is 1.